The Morgan fingerprint density at radius 1 is 1.53 bits per heavy atom. The zero-order valence-corrected chi connectivity index (χ0v) is 10.5. The van der Waals surface area contributed by atoms with Crippen LogP contribution in [0.15, 0.2) is 18.3 Å². The van der Waals surface area contributed by atoms with Crippen LogP contribution in [0, 0.1) is 6.92 Å². The van der Waals surface area contributed by atoms with E-state index in [-0.39, 0.29) is 5.91 Å². The van der Waals surface area contributed by atoms with Gasteiger partial charge in [0.2, 0.25) is 0 Å². The van der Waals surface area contributed by atoms with Crippen LogP contribution in [0.1, 0.15) is 16.2 Å². The lowest BCUT2D eigenvalue weighted by Crippen LogP contribution is -2.27. The summed E-state index contributed by atoms with van der Waals surface area (Å²) in [6.07, 6.45) is 1.66. The Bertz CT molecular complexity index is 579. The van der Waals surface area contributed by atoms with Crippen molar-refractivity contribution in [1.82, 2.24) is 14.4 Å². The molecule has 0 saturated carbocycles. The highest BCUT2D eigenvalue weighted by molar-refractivity contribution is 6.30. The Kier molecular flexibility index (Phi) is 3.04. The fourth-order valence-electron chi connectivity index (χ4n) is 1.63. The van der Waals surface area contributed by atoms with Crippen molar-refractivity contribution in [3.05, 3.63) is 34.7 Å². The monoisotopic (exact) mass is 253 g/mol. The minimum absolute atomic E-state index is 0.264. The van der Waals surface area contributed by atoms with Gasteiger partial charge in [-0.1, -0.05) is 11.6 Å². The third-order valence-corrected chi connectivity index (χ3v) is 2.74. The molecule has 2 rings (SSSR count). The second kappa shape index (κ2) is 4.35. The number of carbonyl (C=O) groups is 1. The van der Waals surface area contributed by atoms with Crippen molar-refractivity contribution in [2.45, 2.75) is 6.92 Å². The number of pyridine rings is 1. The largest absolute Gasteiger partial charge is 0.296 e. The van der Waals surface area contributed by atoms with E-state index >= 15 is 0 Å². The topological polar surface area (TPSA) is 46.8 Å². The molecule has 2 aromatic rings. The number of hydrogen-bond acceptors (Lipinski definition) is 3. The first-order chi connectivity index (χ1) is 8.04. The van der Waals surface area contributed by atoms with Gasteiger partial charge in [-0.2, -0.15) is 0 Å². The molecule has 2 aromatic heterocycles. The third-order valence-electron chi connectivity index (χ3n) is 2.52. The van der Waals surface area contributed by atoms with Crippen LogP contribution in [0.2, 0.25) is 5.02 Å². The standard InChI is InChI=1S/C11H12ClN3O2/c1-7-10(11(16)14(2)17-3)15-6-8(12)4-5-9(15)13-7/h4-6H,1-3H3. The Hall–Kier alpha value is -1.59. The summed E-state index contributed by atoms with van der Waals surface area (Å²) in [5, 5.41) is 1.70. The van der Waals surface area contributed by atoms with E-state index in [2.05, 4.69) is 4.98 Å². The van der Waals surface area contributed by atoms with E-state index in [0.29, 0.717) is 22.1 Å². The predicted octanol–water partition coefficient (Wildman–Crippen LogP) is 1.93. The molecule has 1 amide bonds. The molecule has 2 heterocycles. The minimum atomic E-state index is -0.264. The van der Waals surface area contributed by atoms with Gasteiger partial charge in [0.25, 0.3) is 5.91 Å². The summed E-state index contributed by atoms with van der Waals surface area (Å²) in [5.74, 6) is -0.264. The first-order valence-electron chi connectivity index (χ1n) is 5.01. The van der Waals surface area contributed by atoms with Crippen molar-refractivity contribution in [2.75, 3.05) is 14.2 Å². The highest BCUT2D eigenvalue weighted by atomic mass is 35.5. The number of imidazole rings is 1. The SMILES string of the molecule is CON(C)C(=O)c1c(C)nc2ccc(Cl)cn12. The van der Waals surface area contributed by atoms with E-state index in [1.807, 2.05) is 0 Å². The summed E-state index contributed by atoms with van der Waals surface area (Å²) in [7, 11) is 2.98. The number of nitrogens with zero attached hydrogens (tertiary/aromatic N) is 3. The molecule has 0 unspecified atom stereocenters. The molecule has 0 atom stereocenters. The average molecular weight is 254 g/mol. The summed E-state index contributed by atoms with van der Waals surface area (Å²) >= 11 is 5.91. The molecule has 0 N–H and O–H groups in total. The van der Waals surface area contributed by atoms with Gasteiger partial charge in [0.15, 0.2) is 0 Å². The van der Waals surface area contributed by atoms with Crippen molar-refractivity contribution in [3.8, 4) is 0 Å². The van der Waals surface area contributed by atoms with E-state index in [0.717, 1.165) is 5.06 Å². The smallest absolute Gasteiger partial charge is 0.294 e. The van der Waals surface area contributed by atoms with Gasteiger partial charge in [0.1, 0.15) is 11.3 Å². The van der Waals surface area contributed by atoms with Gasteiger partial charge in [-0.3, -0.25) is 14.0 Å². The molecule has 0 aliphatic heterocycles. The number of hydroxylamine groups is 2. The second-order valence-electron chi connectivity index (χ2n) is 3.61. The van der Waals surface area contributed by atoms with Crippen molar-refractivity contribution >= 4 is 23.2 Å². The molecule has 90 valence electrons. The van der Waals surface area contributed by atoms with Crippen LogP contribution < -0.4 is 0 Å². The molecule has 0 aromatic carbocycles. The van der Waals surface area contributed by atoms with Gasteiger partial charge in [-0.25, -0.2) is 10.0 Å². The maximum Gasteiger partial charge on any atom is 0.296 e. The maximum atomic E-state index is 12.1. The van der Waals surface area contributed by atoms with E-state index in [1.165, 1.54) is 7.11 Å². The van der Waals surface area contributed by atoms with Crippen molar-refractivity contribution in [2.24, 2.45) is 0 Å². The predicted molar refractivity (Wildman–Crippen MR) is 64.0 cm³/mol. The Morgan fingerprint density at radius 2 is 2.24 bits per heavy atom. The highest BCUT2D eigenvalue weighted by Gasteiger charge is 2.20. The molecule has 6 heteroatoms. The molecule has 5 nitrogen and oxygen atoms in total. The van der Waals surface area contributed by atoms with Crippen LogP contribution in [-0.4, -0.2) is 34.5 Å². The van der Waals surface area contributed by atoms with Gasteiger partial charge in [-0.15, -0.1) is 0 Å². The van der Waals surface area contributed by atoms with Crippen LogP contribution in [0.4, 0.5) is 0 Å². The molecule has 0 bridgehead atoms. The zero-order chi connectivity index (χ0) is 12.6. The zero-order valence-electron chi connectivity index (χ0n) is 9.77. The Morgan fingerprint density at radius 3 is 2.88 bits per heavy atom. The minimum Gasteiger partial charge on any atom is -0.294 e. The first-order valence-corrected chi connectivity index (χ1v) is 5.38. The van der Waals surface area contributed by atoms with Crippen LogP contribution in [0.25, 0.3) is 5.65 Å². The Balaban J connectivity index is 2.63. The quantitative estimate of drug-likeness (QED) is 0.769. The molecular formula is C11H12ClN3O2. The average Bonchev–Trinajstić information content (AvgIpc) is 2.62. The van der Waals surface area contributed by atoms with Gasteiger partial charge >= 0.3 is 0 Å². The van der Waals surface area contributed by atoms with Crippen molar-refractivity contribution in [3.63, 3.8) is 0 Å². The number of rotatable bonds is 2. The fraction of sp³-hybridized carbons (Fsp3) is 0.273. The van der Waals surface area contributed by atoms with Crippen LogP contribution in [-0.2, 0) is 4.84 Å². The van der Waals surface area contributed by atoms with E-state index < -0.39 is 0 Å². The molecule has 0 saturated heterocycles. The van der Waals surface area contributed by atoms with Crippen LogP contribution in [0.5, 0.6) is 0 Å². The van der Waals surface area contributed by atoms with Gasteiger partial charge in [0.05, 0.1) is 17.8 Å². The van der Waals surface area contributed by atoms with Gasteiger partial charge in [-0.05, 0) is 19.1 Å². The fourth-order valence-corrected chi connectivity index (χ4v) is 1.79. The number of aromatic nitrogens is 2. The summed E-state index contributed by atoms with van der Waals surface area (Å²) in [5.41, 5.74) is 1.77. The van der Waals surface area contributed by atoms with Crippen molar-refractivity contribution < 1.29 is 9.63 Å². The van der Waals surface area contributed by atoms with Crippen LogP contribution in [0.3, 0.4) is 0 Å². The number of carbonyl (C=O) groups excluding carboxylic acids is 1. The number of fused-ring (bicyclic) bond motifs is 1. The van der Waals surface area contributed by atoms with Gasteiger partial charge < -0.3 is 0 Å². The van der Waals surface area contributed by atoms with E-state index in [4.69, 9.17) is 16.4 Å². The molecular weight excluding hydrogens is 242 g/mol. The summed E-state index contributed by atoms with van der Waals surface area (Å²) < 4.78 is 1.66. The number of hydrogen-bond donors (Lipinski definition) is 0. The molecule has 0 aliphatic rings. The van der Waals surface area contributed by atoms with Crippen LogP contribution >= 0.6 is 11.6 Å². The molecule has 0 radical (unpaired) electrons. The van der Waals surface area contributed by atoms with Crippen molar-refractivity contribution in [1.29, 1.82) is 0 Å². The van der Waals surface area contributed by atoms with E-state index in [1.54, 1.807) is 36.7 Å². The highest BCUT2D eigenvalue weighted by Crippen LogP contribution is 2.17. The number of amides is 1. The molecule has 17 heavy (non-hydrogen) atoms. The Labute approximate surface area is 104 Å². The number of halogens is 1. The summed E-state index contributed by atoms with van der Waals surface area (Å²) in [4.78, 5) is 21.3. The van der Waals surface area contributed by atoms with E-state index in [9.17, 15) is 4.79 Å². The first kappa shape index (κ1) is 11.9. The lowest BCUT2D eigenvalue weighted by Gasteiger charge is -2.13. The van der Waals surface area contributed by atoms with Gasteiger partial charge in [0, 0.05) is 13.2 Å². The lowest BCUT2D eigenvalue weighted by atomic mass is 10.3. The molecule has 0 spiro atoms. The lowest BCUT2D eigenvalue weighted by molar-refractivity contribution is -0.0761. The summed E-state index contributed by atoms with van der Waals surface area (Å²) in [6, 6.07) is 3.50. The normalized spacial score (nSPS) is 10.8. The third kappa shape index (κ3) is 1.99. The summed E-state index contributed by atoms with van der Waals surface area (Å²) in [6.45, 7) is 1.78. The molecule has 0 aliphatic carbocycles. The maximum absolute atomic E-state index is 12.1. The molecule has 0 fully saturated rings. The second-order valence-corrected chi connectivity index (χ2v) is 4.04. The number of aryl methyl sites for hydroxylation is 1.